The molecule has 2 rings (SSSR count). The van der Waals surface area contributed by atoms with Crippen LogP contribution in [0, 0.1) is 0 Å². The van der Waals surface area contributed by atoms with E-state index in [2.05, 4.69) is 28.9 Å². The van der Waals surface area contributed by atoms with Gasteiger partial charge in [0.15, 0.2) is 0 Å². The third kappa shape index (κ3) is 2.79. The van der Waals surface area contributed by atoms with Gasteiger partial charge in [0, 0.05) is 31.4 Å². The van der Waals surface area contributed by atoms with Crippen molar-refractivity contribution in [1.29, 1.82) is 0 Å². The molecule has 5 heteroatoms. The predicted molar refractivity (Wildman–Crippen MR) is 79.0 cm³/mol. The van der Waals surface area contributed by atoms with Crippen molar-refractivity contribution in [2.24, 2.45) is 5.73 Å². The second kappa shape index (κ2) is 5.63. The molecule has 0 saturated carbocycles. The number of hydrogen-bond acceptors (Lipinski definition) is 4. The Hall–Kier alpha value is -1.20. The van der Waals surface area contributed by atoms with E-state index in [4.69, 9.17) is 18.0 Å². The molecule has 0 aromatic carbocycles. The fraction of sp³-hybridized carbons (Fsp3) is 0.538. The van der Waals surface area contributed by atoms with Gasteiger partial charge in [0.1, 0.15) is 4.99 Å². The molecule has 1 aromatic rings. The van der Waals surface area contributed by atoms with Gasteiger partial charge in [-0.1, -0.05) is 12.2 Å². The van der Waals surface area contributed by atoms with Gasteiger partial charge in [-0.15, -0.1) is 0 Å². The van der Waals surface area contributed by atoms with Gasteiger partial charge in [-0.05, 0) is 32.5 Å². The minimum absolute atomic E-state index is 0.430. The fourth-order valence-corrected chi connectivity index (χ4v) is 2.70. The number of pyridine rings is 1. The Bertz CT molecular complexity index is 435. The number of nitrogens with zero attached hydrogens (tertiary/aromatic N) is 3. The summed E-state index contributed by atoms with van der Waals surface area (Å²) in [6, 6.07) is 2.49. The second-order valence-corrected chi connectivity index (χ2v) is 5.35. The van der Waals surface area contributed by atoms with E-state index in [-0.39, 0.29) is 0 Å². The maximum Gasteiger partial charge on any atom is 0.106 e. The van der Waals surface area contributed by atoms with Gasteiger partial charge in [-0.3, -0.25) is 4.98 Å². The lowest BCUT2D eigenvalue weighted by Crippen LogP contribution is -2.37. The van der Waals surface area contributed by atoms with Gasteiger partial charge >= 0.3 is 0 Å². The zero-order valence-corrected chi connectivity index (χ0v) is 11.8. The standard InChI is InChI=1S/C13H20N4S/c1-16-7-3-4-10(16)9-17(2)12-8-15-6-5-11(12)13(14)18/h5-6,8,10H,3-4,7,9H2,1-2H3,(H2,14,18). The van der Waals surface area contributed by atoms with Crippen LogP contribution in [0.25, 0.3) is 0 Å². The molecule has 4 nitrogen and oxygen atoms in total. The van der Waals surface area contributed by atoms with E-state index in [0.717, 1.165) is 17.8 Å². The van der Waals surface area contributed by atoms with Crippen molar-refractivity contribution in [2.75, 3.05) is 32.1 Å². The molecule has 0 radical (unpaired) electrons. The largest absolute Gasteiger partial charge is 0.389 e. The van der Waals surface area contributed by atoms with Gasteiger partial charge in [-0.2, -0.15) is 0 Å². The Balaban J connectivity index is 2.13. The van der Waals surface area contributed by atoms with Gasteiger partial charge < -0.3 is 15.5 Å². The first kappa shape index (κ1) is 13.2. The van der Waals surface area contributed by atoms with Crippen LogP contribution in [0.4, 0.5) is 5.69 Å². The van der Waals surface area contributed by atoms with E-state index in [1.54, 1.807) is 6.20 Å². The number of thiocarbonyl (C=S) groups is 1. The molecule has 0 aliphatic carbocycles. The summed E-state index contributed by atoms with van der Waals surface area (Å²) in [4.78, 5) is 9.21. The van der Waals surface area contributed by atoms with Crippen LogP contribution < -0.4 is 10.6 Å². The topological polar surface area (TPSA) is 45.4 Å². The van der Waals surface area contributed by atoms with Crippen LogP contribution in [-0.4, -0.2) is 48.1 Å². The van der Waals surface area contributed by atoms with Crippen molar-refractivity contribution in [3.05, 3.63) is 24.0 Å². The average molecular weight is 264 g/mol. The summed E-state index contributed by atoms with van der Waals surface area (Å²) in [5, 5.41) is 0. The highest BCUT2D eigenvalue weighted by Crippen LogP contribution is 2.21. The molecule has 98 valence electrons. The Morgan fingerprint density at radius 2 is 2.44 bits per heavy atom. The lowest BCUT2D eigenvalue weighted by atomic mass is 10.1. The number of nitrogens with two attached hydrogens (primary N) is 1. The molecule has 0 bridgehead atoms. The van der Waals surface area contributed by atoms with E-state index in [1.807, 2.05) is 12.3 Å². The summed E-state index contributed by atoms with van der Waals surface area (Å²) in [6.45, 7) is 2.17. The quantitative estimate of drug-likeness (QED) is 0.829. The van der Waals surface area contributed by atoms with E-state index in [0.29, 0.717) is 11.0 Å². The predicted octanol–water partition coefficient (Wildman–Crippen LogP) is 1.25. The van der Waals surface area contributed by atoms with Gasteiger partial charge in [0.05, 0.1) is 11.9 Å². The smallest absolute Gasteiger partial charge is 0.106 e. The fourth-order valence-electron chi connectivity index (χ4n) is 2.52. The van der Waals surface area contributed by atoms with Crippen molar-refractivity contribution in [1.82, 2.24) is 9.88 Å². The Labute approximate surface area is 114 Å². The highest BCUT2D eigenvalue weighted by atomic mass is 32.1. The van der Waals surface area contributed by atoms with Crippen molar-refractivity contribution < 1.29 is 0 Å². The zero-order chi connectivity index (χ0) is 13.1. The number of hydrogen-bond donors (Lipinski definition) is 1. The molecule has 1 aliphatic heterocycles. The first-order valence-electron chi connectivity index (χ1n) is 6.25. The number of likely N-dealkylation sites (N-methyl/N-ethyl adjacent to an activating group) is 2. The summed E-state index contributed by atoms with van der Waals surface area (Å²) in [6.07, 6.45) is 6.10. The maximum atomic E-state index is 5.75. The molecular formula is C13H20N4S. The van der Waals surface area contributed by atoms with Crippen molar-refractivity contribution in [2.45, 2.75) is 18.9 Å². The number of anilines is 1. The minimum atomic E-state index is 0.430. The summed E-state index contributed by atoms with van der Waals surface area (Å²) in [5.74, 6) is 0. The Morgan fingerprint density at radius 1 is 1.67 bits per heavy atom. The summed E-state index contributed by atoms with van der Waals surface area (Å²) >= 11 is 5.09. The van der Waals surface area contributed by atoms with E-state index in [1.165, 1.54) is 19.4 Å². The van der Waals surface area contributed by atoms with Crippen molar-refractivity contribution >= 4 is 22.9 Å². The van der Waals surface area contributed by atoms with Gasteiger partial charge in [-0.25, -0.2) is 0 Å². The molecule has 0 spiro atoms. The number of rotatable bonds is 4. The highest BCUT2D eigenvalue weighted by molar-refractivity contribution is 7.80. The van der Waals surface area contributed by atoms with Gasteiger partial charge in [0.2, 0.25) is 0 Å². The van der Waals surface area contributed by atoms with Crippen LogP contribution in [0.1, 0.15) is 18.4 Å². The number of likely N-dealkylation sites (tertiary alicyclic amines) is 1. The molecule has 0 amide bonds. The highest BCUT2D eigenvalue weighted by Gasteiger charge is 2.23. The van der Waals surface area contributed by atoms with E-state index < -0.39 is 0 Å². The van der Waals surface area contributed by atoms with E-state index in [9.17, 15) is 0 Å². The van der Waals surface area contributed by atoms with Crippen LogP contribution in [0.15, 0.2) is 18.5 Å². The first-order chi connectivity index (χ1) is 8.59. The summed E-state index contributed by atoms with van der Waals surface area (Å²) in [7, 11) is 4.26. The molecule has 1 aliphatic rings. The molecule has 1 saturated heterocycles. The molecule has 18 heavy (non-hydrogen) atoms. The van der Waals surface area contributed by atoms with Crippen molar-refractivity contribution in [3.63, 3.8) is 0 Å². The zero-order valence-electron chi connectivity index (χ0n) is 11.0. The lowest BCUT2D eigenvalue weighted by molar-refractivity contribution is 0.314. The molecule has 2 N–H and O–H groups in total. The molecular weight excluding hydrogens is 244 g/mol. The van der Waals surface area contributed by atoms with Crippen LogP contribution >= 0.6 is 12.2 Å². The molecule has 1 atom stereocenters. The first-order valence-corrected chi connectivity index (χ1v) is 6.65. The summed E-state index contributed by atoms with van der Waals surface area (Å²) < 4.78 is 0. The number of aromatic nitrogens is 1. The maximum absolute atomic E-state index is 5.75. The van der Waals surface area contributed by atoms with Crippen molar-refractivity contribution in [3.8, 4) is 0 Å². The Morgan fingerprint density at radius 3 is 3.06 bits per heavy atom. The van der Waals surface area contributed by atoms with Crippen LogP contribution in [0.3, 0.4) is 0 Å². The second-order valence-electron chi connectivity index (χ2n) is 4.91. The molecule has 1 fully saturated rings. The van der Waals surface area contributed by atoms with Crippen LogP contribution in [0.2, 0.25) is 0 Å². The molecule has 1 unspecified atom stereocenters. The average Bonchev–Trinajstić information content (AvgIpc) is 2.75. The van der Waals surface area contributed by atoms with Gasteiger partial charge in [0.25, 0.3) is 0 Å². The monoisotopic (exact) mass is 264 g/mol. The minimum Gasteiger partial charge on any atom is -0.389 e. The van der Waals surface area contributed by atoms with Crippen LogP contribution in [0.5, 0.6) is 0 Å². The normalized spacial score (nSPS) is 20.0. The third-order valence-electron chi connectivity index (χ3n) is 3.63. The lowest BCUT2D eigenvalue weighted by Gasteiger charge is -2.28. The SMILES string of the molecule is CN(CC1CCCN1C)c1cnccc1C(N)=S. The molecule has 1 aromatic heterocycles. The van der Waals surface area contributed by atoms with Crippen LogP contribution in [-0.2, 0) is 0 Å². The molecule has 2 heterocycles. The third-order valence-corrected chi connectivity index (χ3v) is 3.85. The van der Waals surface area contributed by atoms with E-state index >= 15 is 0 Å². The Kier molecular flexibility index (Phi) is 4.14. The summed E-state index contributed by atoms with van der Waals surface area (Å²) in [5.41, 5.74) is 7.68.